The average Bonchev–Trinajstić information content (AvgIpc) is 3.16. The first-order valence-electron chi connectivity index (χ1n) is 9.05. The van der Waals surface area contributed by atoms with Crippen molar-refractivity contribution in [2.24, 2.45) is 0 Å². The van der Waals surface area contributed by atoms with Crippen molar-refractivity contribution in [1.29, 1.82) is 0 Å². The first-order valence-corrected chi connectivity index (χ1v) is 9.05. The standard InChI is InChI=1S/C21H26N2O2/c1-3-19(25-20-9-5-4-8-16(20)2)21(24)22-17-10-12-18(13-11-17)23-14-6-7-15-23/h4-5,8-13,19H,3,6-7,14-15H2,1-2H3,(H,22,24)/t19-/m0/s1. The number of rotatable bonds is 6. The largest absolute Gasteiger partial charge is 0.480 e. The zero-order chi connectivity index (χ0) is 17.6. The molecule has 1 fully saturated rings. The molecule has 2 aromatic carbocycles. The van der Waals surface area contributed by atoms with Crippen LogP contribution >= 0.6 is 0 Å². The van der Waals surface area contributed by atoms with Gasteiger partial charge in [-0.05, 0) is 62.1 Å². The Kier molecular flexibility index (Phi) is 5.59. The summed E-state index contributed by atoms with van der Waals surface area (Å²) < 4.78 is 5.91. The van der Waals surface area contributed by atoms with Crippen molar-refractivity contribution in [3.8, 4) is 5.75 Å². The Morgan fingerprint density at radius 1 is 1.12 bits per heavy atom. The Morgan fingerprint density at radius 2 is 1.80 bits per heavy atom. The van der Waals surface area contributed by atoms with Gasteiger partial charge in [0.05, 0.1) is 0 Å². The number of aryl methyl sites for hydroxylation is 1. The summed E-state index contributed by atoms with van der Waals surface area (Å²) in [7, 11) is 0. The van der Waals surface area contributed by atoms with Crippen LogP contribution in [0.25, 0.3) is 0 Å². The van der Waals surface area contributed by atoms with Crippen LogP contribution < -0.4 is 15.0 Å². The van der Waals surface area contributed by atoms with Gasteiger partial charge in [-0.1, -0.05) is 25.1 Å². The Hall–Kier alpha value is -2.49. The van der Waals surface area contributed by atoms with Crippen molar-refractivity contribution < 1.29 is 9.53 Å². The number of para-hydroxylation sites is 1. The summed E-state index contributed by atoms with van der Waals surface area (Å²) in [6.07, 6.45) is 2.63. The third kappa shape index (κ3) is 4.32. The first kappa shape index (κ1) is 17.3. The molecule has 0 spiro atoms. The lowest BCUT2D eigenvalue weighted by Crippen LogP contribution is -2.32. The molecule has 25 heavy (non-hydrogen) atoms. The maximum Gasteiger partial charge on any atom is 0.265 e. The predicted octanol–water partition coefficient (Wildman–Crippen LogP) is 4.39. The summed E-state index contributed by atoms with van der Waals surface area (Å²) in [5.74, 6) is 0.647. The number of ether oxygens (including phenoxy) is 1. The molecule has 1 aliphatic heterocycles. The molecule has 0 bridgehead atoms. The van der Waals surface area contributed by atoms with E-state index in [1.165, 1.54) is 18.5 Å². The number of carbonyl (C=O) groups is 1. The van der Waals surface area contributed by atoms with E-state index in [0.717, 1.165) is 30.1 Å². The molecule has 0 saturated carbocycles. The molecular weight excluding hydrogens is 312 g/mol. The Bertz CT molecular complexity index is 706. The summed E-state index contributed by atoms with van der Waals surface area (Å²) in [4.78, 5) is 14.9. The summed E-state index contributed by atoms with van der Waals surface area (Å²) in [5, 5.41) is 2.97. The highest BCUT2D eigenvalue weighted by atomic mass is 16.5. The van der Waals surface area contributed by atoms with E-state index >= 15 is 0 Å². The second-order valence-electron chi connectivity index (χ2n) is 6.51. The number of carbonyl (C=O) groups excluding carboxylic acids is 1. The van der Waals surface area contributed by atoms with Gasteiger partial charge in [-0.3, -0.25) is 4.79 Å². The number of benzene rings is 2. The van der Waals surface area contributed by atoms with Gasteiger partial charge >= 0.3 is 0 Å². The quantitative estimate of drug-likeness (QED) is 0.849. The molecular formula is C21H26N2O2. The van der Waals surface area contributed by atoms with Gasteiger partial charge < -0.3 is 15.0 Å². The van der Waals surface area contributed by atoms with Crippen molar-refractivity contribution in [2.45, 2.75) is 39.2 Å². The van der Waals surface area contributed by atoms with Gasteiger partial charge in [-0.15, -0.1) is 0 Å². The fourth-order valence-corrected chi connectivity index (χ4v) is 3.12. The maximum atomic E-state index is 12.6. The number of nitrogens with zero attached hydrogens (tertiary/aromatic N) is 1. The van der Waals surface area contributed by atoms with Crippen molar-refractivity contribution in [3.63, 3.8) is 0 Å². The lowest BCUT2D eigenvalue weighted by Gasteiger charge is -2.20. The molecule has 1 saturated heterocycles. The van der Waals surface area contributed by atoms with Gasteiger partial charge in [0.25, 0.3) is 5.91 Å². The van der Waals surface area contributed by atoms with Crippen LogP contribution in [0, 0.1) is 6.92 Å². The summed E-state index contributed by atoms with van der Waals surface area (Å²) >= 11 is 0. The van der Waals surface area contributed by atoms with Gasteiger partial charge in [-0.25, -0.2) is 0 Å². The molecule has 1 atom stereocenters. The van der Waals surface area contributed by atoms with Gasteiger partial charge in [0.2, 0.25) is 0 Å². The number of anilines is 2. The Morgan fingerprint density at radius 3 is 2.44 bits per heavy atom. The number of hydrogen-bond acceptors (Lipinski definition) is 3. The van der Waals surface area contributed by atoms with Crippen LogP contribution in [0.3, 0.4) is 0 Å². The lowest BCUT2D eigenvalue weighted by atomic mass is 10.2. The molecule has 4 nitrogen and oxygen atoms in total. The number of hydrogen-bond donors (Lipinski definition) is 1. The van der Waals surface area contributed by atoms with Crippen LogP contribution in [0.2, 0.25) is 0 Å². The van der Waals surface area contributed by atoms with Crippen LogP contribution in [0.1, 0.15) is 31.7 Å². The topological polar surface area (TPSA) is 41.6 Å². The third-order valence-corrected chi connectivity index (χ3v) is 4.63. The Balaban J connectivity index is 1.62. The van der Waals surface area contributed by atoms with Gasteiger partial charge in [0.15, 0.2) is 6.10 Å². The molecule has 1 heterocycles. The van der Waals surface area contributed by atoms with E-state index in [1.807, 2.05) is 50.2 Å². The third-order valence-electron chi connectivity index (χ3n) is 4.63. The molecule has 0 aliphatic carbocycles. The molecule has 3 rings (SSSR count). The minimum atomic E-state index is -0.501. The van der Waals surface area contributed by atoms with Crippen LogP contribution in [0.4, 0.5) is 11.4 Å². The molecule has 0 unspecified atom stereocenters. The molecule has 4 heteroatoms. The van der Waals surface area contributed by atoms with E-state index in [-0.39, 0.29) is 5.91 Å². The molecule has 1 aliphatic rings. The smallest absolute Gasteiger partial charge is 0.265 e. The van der Waals surface area contributed by atoms with Gasteiger partial charge in [0.1, 0.15) is 5.75 Å². The van der Waals surface area contributed by atoms with Crippen LogP contribution in [0.15, 0.2) is 48.5 Å². The van der Waals surface area contributed by atoms with Crippen LogP contribution in [-0.4, -0.2) is 25.1 Å². The van der Waals surface area contributed by atoms with Gasteiger partial charge in [0, 0.05) is 24.5 Å². The summed E-state index contributed by atoms with van der Waals surface area (Å²) in [6.45, 7) is 6.18. The number of nitrogens with one attached hydrogen (secondary N) is 1. The Labute approximate surface area is 149 Å². The fourth-order valence-electron chi connectivity index (χ4n) is 3.12. The molecule has 1 N–H and O–H groups in total. The predicted molar refractivity (Wildman–Crippen MR) is 102 cm³/mol. The van der Waals surface area contributed by atoms with E-state index in [9.17, 15) is 4.79 Å². The highest BCUT2D eigenvalue weighted by Crippen LogP contribution is 2.23. The van der Waals surface area contributed by atoms with E-state index in [0.29, 0.717) is 6.42 Å². The monoisotopic (exact) mass is 338 g/mol. The summed E-state index contributed by atoms with van der Waals surface area (Å²) in [6, 6.07) is 15.8. The first-order chi connectivity index (χ1) is 12.2. The molecule has 132 valence electrons. The molecule has 2 aromatic rings. The zero-order valence-electron chi connectivity index (χ0n) is 15.0. The second kappa shape index (κ2) is 8.06. The molecule has 1 amide bonds. The van der Waals surface area contributed by atoms with E-state index in [2.05, 4.69) is 22.3 Å². The van der Waals surface area contributed by atoms with Gasteiger partial charge in [-0.2, -0.15) is 0 Å². The maximum absolute atomic E-state index is 12.6. The van der Waals surface area contributed by atoms with E-state index < -0.39 is 6.10 Å². The van der Waals surface area contributed by atoms with E-state index in [4.69, 9.17) is 4.74 Å². The van der Waals surface area contributed by atoms with Crippen molar-refractivity contribution in [2.75, 3.05) is 23.3 Å². The lowest BCUT2D eigenvalue weighted by molar-refractivity contribution is -0.122. The molecule has 0 radical (unpaired) electrons. The minimum Gasteiger partial charge on any atom is -0.480 e. The fraction of sp³-hybridized carbons (Fsp3) is 0.381. The highest BCUT2D eigenvalue weighted by molar-refractivity contribution is 5.94. The minimum absolute atomic E-state index is 0.111. The zero-order valence-corrected chi connectivity index (χ0v) is 15.0. The summed E-state index contributed by atoms with van der Waals surface area (Å²) in [5.41, 5.74) is 3.06. The average molecular weight is 338 g/mol. The van der Waals surface area contributed by atoms with Crippen molar-refractivity contribution in [3.05, 3.63) is 54.1 Å². The second-order valence-corrected chi connectivity index (χ2v) is 6.51. The normalized spacial score (nSPS) is 15.0. The molecule has 0 aromatic heterocycles. The van der Waals surface area contributed by atoms with Crippen LogP contribution in [0.5, 0.6) is 5.75 Å². The van der Waals surface area contributed by atoms with Crippen LogP contribution in [-0.2, 0) is 4.79 Å². The SMILES string of the molecule is CC[C@H](Oc1ccccc1C)C(=O)Nc1ccc(N2CCCC2)cc1. The van der Waals surface area contributed by atoms with E-state index in [1.54, 1.807) is 0 Å². The number of amides is 1. The van der Waals surface area contributed by atoms with Crippen molar-refractivity contribution >= 4 is 17.3 Å². The highest BCUT2D eigenvalue weighted by Gasteiger charge is 2.19. The van der Waals surface area contributed by atoms with Crippen molar-refractivity contribution in [1.82, 2.24) is 0 Å².